The van der Waals surface area contributed by atoms with Gasteiger partial charge in [0.25, 0.3) is 0 Å². The minimum Gasteiger partial charge on any atom is -0.357 e. The third-order valence-electron chi connectivity index (χ3n) is 5.89. The Balaban J connectivity index is 1.79. The number of nitrogens with one attached hydrogen (secondary N) is 2. The molecule has 4 nitrogen and oxygen atoms in total. The molecule has 5 heteroatoms. The van der Waals surface area contributed by atoms with Crippen LogP contribution in [0.3, 0.4) is 0 Å². The first-order valence-corrected chi connectivity index (χ1v) is 10.7. The highest BCUT2D eigenvalue weighted by Crippen LogP contribution is 2.44. The molecule has 0 saturated carbocycles. The molecule has 3 atom stereocenters. The van der Waals surface area contributed by atoms with Crippen LogP contribution in [0.15, 0.2) is 18.2 Å². The Morgan fingerprint density at radius 2 is 2.32 bits per heavy atom. The van der Waals surface area contributed by atoms with E-state index in [0.29, 0.717) is 12.0 Å². The molecular weight excluding hydrogens is 330 g/mol. The van der Waals surface area contributed by atoms with E-state index in [-0.39, 0.29) is 6.04 Å². The van der Waals surface area contributed by atoms with Crippen molar-refractivity contribution < 1.29 is 4.79 Å². The highest BCUT2D eigenvalue weighted by atomic mass is 32.2. The summed E-state index contributed by atoms with van der Waals surface area (Å²) in [6.45, 7) is 4.32. The van der Waals surface area contributed by atoms with E-state index in [1.807, 2.05) is 11.8 Å². The van der Waals surface area contributed by atoms with Gasteiger partial charge in [-0.1, -0.05) is 19.1 Å². The second kappa shape index (κ2) is 7.04. The first-order valence-electron chi connectivity index (χ1n) is 9.31. The van der Waals surface area contributed by atoms with Crippen molar-refractivity contribution in [1.82, 2.24) is 15.2 Å². The molecule has 1 fully saturated rings. The number of fused-ring (bicyclic) bond motifs is 2. The van der Waals surface area contributed by atoms with Crippen LogP contribution in [0.4, 0.5) is 0 Å². The Kier molecular flexibility index (Phi) is 4.78. The van der Waals surface area contributed by atoms with Gasteiger partial charge in [0.05, 0.1) is 0 Å². The van der Waals surface area contributed by atoms with Crippen LogP contribution in [-0.2, 0) is 17.0 Å². The average molecular weight is 358 g/mol. The first-order chi connectivity index (χ1) is 12.3. The molecule has 25 heavy (non-hydrogen) atoms. The number of likely N-dealkylation sites (tertiary alicyclic amines) is 1. The number of carbonyl (C=O) groups is 1. The number of carbonyl (C=O) groups excluding carboxylic acids is 1. The smallest absolute Gasteiger partial charge is 0.207 e. The Morgan fingerprint density at radius 3 is 3.08 bits per heavy atom. The van der Waals surface area contributed by atoms with E-state index in [9.17, 15) is 4.79 Å². The molecule has 1 aromatic heterocycles. The van der Waals surface area contributed by atoms with E-state index in [4.69, 9.17) is 0 Å². The third kappa shape index (κ3) is 2.87. The lowest BCUT2D eigenvalue weighted by molar-refractivity contribution is -0.110. The van der Waals surface area contributed by atoms with Gasteiger partial charge in [0.15, 0.2) is 0 Å². The maximum Gasteiger partial charge on any atom is 0.207 e. The Hall–Kier alpha value is -1.46. The minimum atomic E-state index is 0.256. The molecule has 1 unspecified atom stereocenters. The monoisotopic (exact) mass is 357 g/mol. The summed E-state index contributed by atoms with van der Waals surface area (Å²) in [6, 6.07) is 7.52. The van der Waals surface area contributed by atoms with E-state index in [1.54, 1.807) is 0 Å². The predicted molar refractivity (Wildman–Crippen MR) is 105 cm³/mol. The molecule has 1 aliphatic heterocycles. The molecule has 4 rings (SSSR count). The number of aromatic amines is 1. The van der Waals surface area contributed by atoms with Crippen molar-refractivity contribution in [1.29, 1.82) is 0 Å². The van der Waals surface area contributed by atoms with Crippen molar-refractivity contribution in [2.75, 3.05) is 19.3 Å². The van der Waals surface area contributed by atoms with Crippen LogP contribution >= 0.6 is 11.8 Å². The van der Waals surface area contributed by atoms with Crippen LogP contribution in [0.25, 0.3) is 10.9 Å². The second-order valence-electron chi connectivity index (χ2n) is 7.37. The standard InChI is InChI=1S/C20H27N3OS/c1-3-7-23-10-13(21-12-24)8-15-14-5-4-6-17-20(14)16(9-19(15)23)18(22-17)11-25-2/h4-6,12-13,15,19,22H,3,7-11H2,1-2H3,(H,21,24)/t13?,15-,19-/m1/s1. The highest BCUT2D eigenvalue weighted by Gasteiger charge is 2.41. The van der Waals surface area contributed by atoms with Crippen molar-refractivity contribution in [3.63, 3.8) is 0 Å². The van der Waals surface area contributed by atoms with Crippen molar-refractivity contribution in [3.8, 4) is 0 Å². The van der Waals surface area contributed by atoms with Gasteiger partial charge >= 0.3 is 0 Å². The summed E-state index contributed by atoms with van der Waals surface area (Å²) in [5, 5.41) is 4.51. The van der Waals surface area contributed by atoms with Gasteiger partial charge in [0.1, 0.15) is 0 Å². The summed E-state index contributed by atoms with van der Waals surface area (Å²) in [5.74, 6) is 1.55. The summed E-state index contributed by atoms with van der Waals surface area (Å²) in [7, 11) is 0. The zero-order valence-corrected chi connectivity index (χ0v) is 15.9. The lowest BCUT2D eigenvalue weighted by atomic mass is 9.73. The fourth-order valence-electron chi connectivity index (χ4n) is 4.99. The largest absolute Gasteiger partial charge is 0.357 e. The number of rotatable bonds is 6. The number of hydrogen-bond donors (Lipinski definition) is 2. The van der Waals surface area contributed by atoms with Crippen molar-refractivity contribution >= 4 is 29.1 Å². The number of hydrogen-bond acceptors (Lipinski definition) is 3. The zero-order valence-electron chi connectivity index (χ0n) is 15.0. The van der Waals surface area contributed by atoms with Gasteiger partial charge < -0.3 is 10.3 Å². The van der Waals surface area contributed by atoms with Crippen molar-refractivity contribution in [2.45, 2.75) is 49.9 Å². The van der Waals surface area contributed by atoms with Crippen molar-refractivity contribution in [2.24, 2.45) is 0 Å². The van der Waals surface area contributed by atoms with E-state index in [1.165, 1.54) is 27.7 Å². The Bertz CT molecular complexity index is 772. The van der Waals surface area contributed by atoms with Gasteiger partial charge in [-0.3, -0.25) is 9.69 Å². The average Bonchev–Trinajstić information content (AvgIpc) is 2.96. The molecule has 2 aliphatic rings. The van der Waals surface area contributed by atoms with E-state index < -0.39 is 0 Å². The van der Waals surface area contributed by atoms with E-state index in [0.717, 1.165) is 44.5 Å². The summed E-state index contributed by atoms with van der Waals surface area (Å²) >= 11 is 1.88. The molecule has 1 saturated heterocycles. The van der Waals surface area contributed by atoms with E-state index >= 15 is 0 Å². The maximum atomic E-state index is 11.0. The number of nitrogens with zero attached hydrogens (tertiary/aromatic N) is 1. The lowest BCUT2D eigenvalue weighted by Crippen LogP contribution is -2.55. The zero-order chi connectivity index (χ0) is 17.4. The van der Waals surface area contributed by atoms with Gasteiger partial charge in [-0.15, -0.1) is 0 Å². The summed E-state index contributed by atoms with van der Waals surface area (Å²) in [4.78, 5) is 17.3. The Labute approximate surface area is 153 Å². The van der Waals surface area contributed by atoms with Gasteiger partial charge in [0.2, 0.25) is 6.41 Å². The highest BCUT2D eigenvalue weighted by molar-refractivity contribution is 7.97. The number of piperidine rings is 1. The van der Waals surface area contributed by atoms with Gasteiger partial charge in [-0.25, -0.2) is 0 Å². The molecular formula is C20H27N3OS. The number of H-pyrrole nitrogens is 1. The molecule has 1 aromatic carbocycles. The molecule has 0 bridgehead atoms. The predicted octanol–water partition coefficient (Wildman–Crippen LogP) is 3.27. The van der Waals surface area contributed by atoms with Crippen molar-refractivity contribution in [3.05, 3.63) is 35.0 Å². The molecule has 0 radical (unpaired) electrons. The number of amides is 1. The topological polar surface area (TPSA) is 48.1 Å². The van der Waals surface area contributed by atoms with Crippen LogP contribution in [0, 0.1) is 0 Å². The number of benzene rings is 1. The minimum absolute atomic E-state index is 0.256. The fraction of sp³-hybridized carbons (Fsp3) is 0.550. The van der Waals surface area contributed by atoms with E-state index in [2.05, 4.69) is 46.6 Å². The summed E-state index contributed by atoms with van der Waals surface area (Å²) in [6.07, 6.45) is 6.37. The van der Waals surface area contributed by atoms with Gasteiger partial charge in [-0.05, 0) is 49.3 Å². The SMILES string of the molecule is CCCN1CC(NC=O)C[C@@H]2c3cccc4[nH]c(CSC)c(c34)C[C@H]21. The number of thioether (sulfide) groups is 1. The first kappa shape index (κ1) is 17.0. The van der Waals surface area contributed by atoms with Crippen LogP contribution < -0.4 is 5.32 Å². The lowest BCUT2D eigenvalue weighted by Gasteiger charge is -2.47. The molecule has 1 amide bonds. The third-order valence-corrected chi connectivity index (χ3v) is 6.47. The molecule has 2 heterocycles. The van der Waals surface area contributed by atoms with Crippen LogP contribution in [0.2, 0.25) is 0 Å². The second-order valence-corrected chi connectivity index (χ2v) is 8.24. The van der Waals surface area contributed by atoms with Crippen LogP contribution in [0.1, 0.15) is 42.5 Å². The molecule has 2 aromatic rings. The molecule has 134 valence electrons. The quantitative estimate of drug-likeness (QED) is 0.780. The van der Waals surface area contributed by atoms with Gasteiger partial charge in [-0.2, -0.15) is 11.8 Å². The maximum absolute atomic E-state index is 11.0. The molecule has 0 spiro atoms. The number of aromatic nitrogens is 1. The summed E-state index contributed by atoms with van der Waals surface area (Å²) in [5.41, 5.74) is 5.69. The van der Waals surface area contributed by atoms with Crippen LogP contribution in [0.5, 0.6) is 0 Å². The molecule has 2 N–H and O–H groups in total. The van der Waals surface area contributed by atoms with Crippen LogP contribution in [-0.4, -0.2) is 47.7 Å². The normalized spacial score (nSPS) is 25.8. The summed E-state index contributed by atoms with van der Waals surface area (Å²) < 4.78 is 0. The molecule has 1 aliphatic carbocycles. The fourth-order valence-corrected chi connectivity index (χ4v) is 5.52. The Morgan fingerprint density at radius 1 is 1.44 bits per heavy atom. The van der Waals surface area contributed by atoms with Gasteiger partial charge in [0, 0.05) is 46.9 Å².